The molecule has 1 fully saturated rings. The third-order valence-corrected chi connectivity index (χ3v) is 4.39. The fraction of sp³-hybridized carbons (Fsp3) is 0.500. The van der Waals surface area contributed by atoms with E-state index < -0.39 is 0 Å². The van der Waals surface area contributed by atoms with Crippen molar-refractivity contribution in [1.82, 2.24) is 5.32 Å². The lowest BCUT2D eigenvalue weighted by Crippen LogP contribution is -2.54. The van der Waals surface area contributed by atoms with Gasteiger partial charge in [0.15, 0.2) is 0 Å². The Labute approximate surface area is 147 Å². The van der Waals surface area contributed by atoms with Crippen LogP contribution in [0.2, 0.25) is 0 Å². The van der Waals surface area contributed by atoms with Gasteiger partial charge in [-0.1, -0.05) is 19.4 Å². The zero-order valence-electron chi connectivity index (χ0n) is 14.5. The third-order valence-electron chi connectivity index (χ3n) is 4.39. The van der Waals surface area contributed by atoms with E-state index in [0.717, 1.165) is 37.8 Å². The van der Waals surface area contributed by atoms with Gasteiger partial charge in [0.1, 0.15) is 5.66 Å². The number of aliphatic imine (C=N–C) groups is 2. The van der Waals surface area contributed by atoms with Crippen LogP contribution in [-0.2, 0) is 4.74 Å². The average Bonchev–Trinajstić information content (AvgIpc) is 2.59. The number of hydrogen-bond acceptors (Lipinski definition) is 7. The molecule has 0 unspecified atom stereocenters. The number of nitrogens with zero attached hydrogens (tertiary/aromatic N) is 2. The third kappa shape index (κ3) is 4.29. The predicted molar refractivity (Wildman–Crippen MR) is 98.6 cm³/mol. The van der Waals surface area contributed by atoms with Crippen LogP contribution < -0.4 is 16.4 Å². The van der Waals surface area contributed by atoms with Crippen LogP contribution in [0.15, 0.2) is 34.3 Å². The van der Waals surface area contributed by atoms with E-state index in [-0.39, 0.29) is 17.6 Å². The molecule has 0 atom stereocenters. The van der Waals surface area contributed by atoms with Gasteiger partial charge in [-0.2, -0.15) is 4.99 Å². The fourth-order valence-corrected chi connectivity index (χ4v) is 3.21. The highest BCUT2D eigenvalue weighted by molar-refractivity contribution is 6.04. The molecule has 0 bridgehead atoms. The first-order valence-electron chi connectivity index (χ1n) is 8.87. The number of carbonyl (C=O) groups excluding carboxylic acids is 1. The molecule has 0 radical (unpaired) electrons. The molecule has 1 aliphatic heterocycles. The number of anilines is 1. The van der Waals surface area contributed by atoms with E-state index in [4.69, 9.17) is 10.5 Å². The number of nitrogens with one attached hydrogen (secondary N) is 2. The smallest absolute Gasteiger partial charge is 0.338 e. The summed E-state index contributed by atoms with van der Waals surface area (Å²) < 4.78 is 5.18. The zero-order valence-corrected chi connectivity index (χ0v) is 14.5. The van der Waals surface area contributed by atoms with Gasteiger partial charge >= 0.3 is 5.97 Å². The monoisotopic (exact) mass is 343 g/mol. The summed E-state index contributed by atoms with van der Waals surface area (Å²) in [5.74, 6) is 0.518. The molecule has 4 N–H and O–H groups in total. The van der Waals surface area contributed by atoms with Gasteiger partial charge in [-0.3, -0.25) is 0 Å². The Morgan fingerprint density at radius 1 is 1.36 bits per heavy atom. The summed E-state index contributed by atoms with van der Waals surface area (Å²) in [5.41, 5.74) is 6.82. The first-order valence-corrected chi connectivity index (χ1v) is 8.87. The molecule has 1 saturated carbocycles. The van der Waals surface area contributed by atoms with E-state index in [1.54, 1.807) is 12.1 Å². The zero-order chi connectivity index (χ0) is 17.7. The maximum absolute atomic E-state index is 12.0. The summed E-state index contributed by atoms with van der Waals surface area (Å²) in [5, 5.41) is 6.59. The number of guanidine groups is 2. The molecule has 0 saturated heterocycles. The predicted octanol–water partition coefficient (Wildman–Crippen LogP) is 2.60. The molecule has 1 aromatic carbocycles. The molecular weight excluding hydrogens is 318 g/mol. The highest BCUT2D eigenvalue weighted by atomic mass is 16.5. The standard InChI is InChI=1S/C18H25N5O2/c1-2-11-25-15(24)13-7-6-8-14(12-13)20-17-21-16(19)22-18(23-17)9-4-3-5-10-18/h6-8,12H,2-5,9-11H2,1H3,(H4,19,20,21,22,23). The van der Waals surface area contributed by atoms with Crippen LogP contribution >= 0.6 is 0 Å². The molecule has 25 heavy (non-hydrogen) atoms. The second-order valence-corrected chi connectivity index (χ2v) is 6.49. The van der Waals surface area contributed by atoms with Crippen molar-refractivity contribution in [3.05, 3.63) is 29.8 Å². The lowest BCUT2D eigenvalue weighted by Gasteiger charge is -2.37. The molecule has 2 aliphatic rings. The molecule has 7 nitrogen and oxygen atoms in total. The van der Waals surface area contributed by atoms with E-state index in [0.29, 0.717) is 18.1 Å². The molecule has 134 valence electrons. The molecular formula is C18H25N5O2. The van der Waals surface area contributed by atoms with Crippen molar-refractivity contribution in [2.45, 2.75) is 51.1 Å². The largest absolute Gasteiger partial charge is 0.462 e. The Balaban J connectivity index is 1.71. The SMILES string of the molecule is CCCOC(=O)c1cccc(NC2=NC(N)=NC3(CCCCC3)N2)c1. The number of nitrogens with two attached hydrogens (primary N) is 1. The number of ether oxygens (including phenoxy) is 1. The lowest BCUT2D eigenvalue weighted by atomic mass is 9.89. The van der Waals surface area contributed by atoms with Gasteiger partial charge in [-0.25, -0.2) is 9.79 Å². The van der Waals surface area contributed by atoms with Crippen molar-refractivity contribution in [3.8, 4) is 0 Å². The number of carbonyl (C=O) groups is 1. The first kappa shape index (κ1) is 17.3. The molecule has 1 heterocycles. The molecule has 1 spiro atoms. The lowest BCUT2D eigenvalue weighted by molar-refractivity contribution is 0.0505. The maximum atomic E-state index is 12.0. The second kappa shape index (κ2) is 7.55. The number of rotatable bonds is 4. The average molecular weight is 343 g/mol. The minimum absolute atomic E-state index is 0.279. The quantitative estimate of drug-likeness (QED) is 0.730. The molecule has 1 aromatic rings. The van der Waals surface area contributed by atoms with E-state index in [1.165, 1.54) is 6.42 Å². The van der Waals surface area contributed by atoms with Crippen LogP contribution in [0.1, 0.15) is 55.8 Å². The Morgan fingerprint density at radius 2 is 2.16 bits per heavy atom. The highest BCUT2D eigenvalue weighted by Crippen LogP contribution is 2.30. The van der Waals surface area contributed by atoms with Crippen molar-refractivity contribution >= 4 is 23.6 Å². The van der Waals surface area contributed by atoms with Gasteiger partial charge in [-0.15, -0.1) is 0 Å². The number of benzene rings is 1. The van der Waals surface area contributed by atoms with E-state index >= 15 is 0 Å². The van der Waals surface area contributed by atoms with Crippen molar-refractivity contribution in [2.24, 2.45) is 15.7 Å². The van der Waals surface area contributed by atoms with Crippen molar-refractivity contribution in [1.29, 1.82) is 0 Å². The van der Waals surface area contributed by atoms with Crippen LogP contribution in [0, 0.1) is 0 Å². The molecule has 0 amide bonds. The highest BCUT2D eigenvalue weighted by Gasteiger charge is 2.35. The topological polar surface area (TPSA) is 101 Å². The van der Waals surface area contributed by atoms with Gasteiger partial charge < -0.3 is 21.1 Å². The first-order chi connectivity index (χ1) is 12.1. The maximum Gasteiger partial charge on any atom is 0.338 e. The van der Waals surface area contributed by atoms with E-state index in [2.05, 4.69) is 20.6 Å². The summed E-state index contributed by atoms with van der Waals surface area (Å²) in [6.07, 6.45) is 6.15. The molecule has 0 aromatic heterocycles. The van der Waals surface area contributed by atoms with Crippen LogP contribution in [0.3, 0.4) is 0 Å². The summed E-state index contributed by atoms with van der Waals surface area (Å²) in [6.45, 7) is 2.38. The summed E-state index contributed by atoms with van der Waals surface area (Å²) in [6, 6.07) is 7.16. The number of esters is 1. The van der Waals surface area contributed by atoms with Gasteiger partial charge in [0.05, 0.1) is 12.2 Å². The summed E-state index contributed by atoms with van der Waals surface area (Å²) in [4.78, 5) is 20.8. The molecule has 3 rings (SSSR count). The minimum atomic E-state index is -0.357. The minimum Gasteiger partial charge on any atom is -0.462 e. The van der Waals surface area contributed by atoms with Gasteiger partial charge in [0.2, 0.25) is 11.9 Å². The van der Waals surface area contributed by atoms with E-state index in [9.17, 15) is 4.79 Å². The molecule has 7 heteroatoms. The Kier molecular flexibility index (Phi) is 5.21. The van der Waals surface area contributed by atoms with Crippen LogP contribution in [-0.4, -0.2) is 30.2 Å². The Bertz CT molecular complexity index is 692. The Hall–Kier alpha value is -2.57. The van der Waals surface area contributed by atoms with Crippen LogP contribution in [0.5, 0.6) is 0 Å². The van der Waals surface area contributed by atoms with E-state index in [1.807, 2.05) is 19.1 Å². The molecule has 1 aliphatic carbocycles. The number of hydrogen-bond donors (Lipinski definition) is 3. The normalized spacial score (nSPS) is 18.8. The van der Waals surface area contributed by atoms with Gasteiger partial charge in [0.25, 0.3) is 0 Å². The fourth-order valence-electron chi connectivity index (χ4n) is 3.21. The summed E-state index contributed by atoms with van der Waals surface area (Å²) in [7, 11) is 0. The van der Waals surface area contributed by atoms with Gasteiger partial charge in [-0.05, 0) is 50.3 Å². The Morgan fingerprint density at radius 3 is 2.92 bits per heavy atom. The van der Waals surface area contributed by atoms with Crippen LogP contribution in [0.4, 0.5) is 5.69 Å². The van der Waals surface area contributed by atoms with Crippen molar-refractivity contribution in [2.75, 3.05) is 11.9 Å². The summed E-state index contributed by atoms with van der Waals surface area (Å²) >= 11 is 0. The van der Waals surface area contributed by atoms with Gasteiger partial charge in [0, 0.05) is 5.69 Å². The van der Waals surface area contributed by atoms with Crippen molar-refractivity contribution < 1.29 is 9.53 Å². The second-order valence-electron chi connectivity index (χ2n) is 6.49. The van der Waals surface area contributed by atoms with Crippen molar-refractivity contribution in [3.63, 3.8) is 0 Å². The van der Waals surface area contributed by atoms with Crippen LogP contribution in [0.25, 0.3) is 0 Å².